The van der Waals surface area contributed by atoms with Crippen LogP contribution >= 0.6 is 0 Å². The fourth-order valence-corrected chi connectivity index (χ4v) is 4.93. The average molecular weight is 521 g/mol. The largest absolute Gasteiger partial charge is 0.416 e. The van der Waals surface area contributed by atoms with E-state index in [0.29, 0.717) is 30.1 Å². The molecule has 0 aromatic heterocycles. The fourth-order valence-electron chi connectivity index (χ4n) is 4.93. The number of hydrogen-bond acceptors (Lipinski definition) is 3. The molecule has 0 spiro atoms. The third-order valence-corrected chi connectivity index (χ3v) is 6.85. The van der Waals surface area contributed by atoms with E-state index in [4.69, 9.17) is 4.99 Å². The van der Waals surface area contributed by atoms with Gasteiger partial charge in [-0.2, -0.15) is 13.2 Å². The summed E-state index contributed by atoms with van der Waals surface area (Å²) in [5, 5.41) is 2.74. The standard InChI is InChI=1S/C29H27F3N4O2/c1-18-6-8-21(9-7-18)27-34-25(20-10-12-23(13-11-20)29(30,31)32)26(22-5-3-4-19(2)16-22)36(27)28(38)35-15-14-33-24(37)17-35/h3-13,16,25-26H,14-15,17H2,1-2H3,(H,33,37). The number of benzene rings is 3. The van der Waals surface area contributed by atoms with Crippen molar-refractivity contribution in [3.63, 3.8) is 0 Å². The van der Waals surface area contributed by atoms with Gasteiger partial charge in [0, 0.05) is 18.7 Å². The molecule has 5 rings (SSSR count). The molecule has 2 atom stereocenters. The second-order valence-corrected chi connectivity index (χ2v) is 9.67. The number of hydrogen-bond donors (Lipinski definition) is 1. The number of amidine groups is 1. The molecule has 9 heteroatoms. The number of amides is 3. The van der Waals surface area contributed by atoms with Crippen molar-refractivity contribution < 1.29 is 22.8 Å². The van der Waals surface area contributed by atoms with Gasteiger partial charge in [-0.3, -0.25) is 14.7 Å². The lowest BCUT2D eigenvalue weighted by atomic mass is 9.92. The quantitative estimate of drug-likeness (QED) is 0.501. The lowest BCUT2D eigenvalue weighted by molar-refractivity contribution is -0.137. The lowest BCUT2D eigenvalue weighted by Gasteiger charge is -2.35. The van der Waals surface area contributed by atoms with Gasteiger partial charge < -0.3 is 10.2 Å². The Bertz CT molecular complexity index is 1380. The Balaban J connectivity index is 1.66. The van der Waals surface area contributed by atoms with Gasteiger partial charge in [0.1, 0.15) is 18.4 Å². The number of aryl methyl sites for hydroxylation is 2. The molecule has 0 bridgehead atoms. The molecule has 6 nitrogen and oxygen atoms in total. The number of carbonyl (C=O) groups excluding carboxylic acids is 2. The van der Waals surface area contributed by atoms with Crippen molar-refractivity contribution in [3.8, 4) is 0 Å². The monoisotopic (exact) mass is 520 g/mol. The molecule has 1 saturated heterocycles. The molecule has 38 heavy (non-hydrogen) atoms. The van der Waals surface area contributed by atoms with Crippen molar-refractivity contribution in [2.75, 3.05) is 19.6 Å². The number of nitrogens with one attached hydrogen (secondary N) is 1. The van der Waals surface area contributed by atoms with Crippen molar-refractivity contribution >= 4 is 17.8 Å². The van der Waals surface area contributed by atoms with Crippen molar-refractivity contribution in [2.45, 2.75) is 32.1 Å². The second kappa shape index (κ2) is 9.96. The third kappa shape index (κ3) is 5.01. The fraction of sp³-hybridized carbons (Fsp3) is 0.276. The van der Waals surface area contributed by atoms with Crippen molar-refractivity contribution in [2.24, 2.45) is 4.99 Å². The highest BCUT2D eigenvalue weighted by molar-refractivity contribution is 6.09. The first-order valence-corrected chi connectivity index (χ1v) is 12.4. The summed E-state index contributed by atoms with van der Waals surface area (Å²) in [5.74, 6) is 0.168. The number of alkyl halides is 3. The molecule has 0 aliphatic carbocycles. The van der Waals surface area contributed by atoms with Crippen LogP contribution in [0.3, 0.4) is 0 Å². The Morgan fingerprint density at radius 2 is 1.66 bits per heavy atom. The van der Waals surface area contributed by atoms with Crippen molar-refractivity contribution in [1.29, 1.82) is 0 Å². The van der Waals surface area contributed by atoms with Crippen molar-refractivity contribution in [3.05, 3.63) is 106 Å². The summed E-state index contributed by atoms with van der Waals surface area (Å²) in [6, 6.07) is 18.5. The number of urea groups is 1. The maximum absolute atomic E-state index is 14.1. The Kier molecular flexibility index (Phi) is 6.69. The minimum atomic E-state index is -4.46. The van der Waals surface area contributed by atoms with Gasteiger partial charge in [-0.25, -0.2) is 4.79 Å². The molecule has 2 aliphatic heterocycles. The van der Waals surface area contributed by atoms with Crippen LogP contribution in [-0.4, -0.2) is 47.2 Å². The van der Waals surface area contributed by atoms with E-state index >= 15 is 0 Å². The van der Waals surface area contributed by atoms with Crippen LogP contribution < -0.4 is 5.32 Å². The van der Waals surface area contributed by atoms with Gasteiger partial charge in [0.15, 0.2) is 0 Å². The summed E-state index contributed by atoms with van der Waals surface area (Å²) < 4.78 is 39.9. The molecule has 2 aliphatic rings. The van der Waals surface area contributed by atoms with E-state index in [0.717, 1.165) is 28.8 Å². The van der Waals surface area contributed by atoms with E-state index in [2.05, 4.69) is 5.32 Å². The van der Waals surface area contributed by atoms with Crippen LogP contribution in [0.25, 0.3) is 0 Å². The van der Waals surface area contributed by atoms with Gasteiger partial charge in [-0.15, -0.1) is 0 Å². The molecule has 3 amide bonds. The molecule has 2 heterocycles. The zero-order chi connectivity index (χ0) is 27.0. The molecule has 3 aromatic rings. The molecule has 0 saturated carbocycles. The third-order valence-electron chi connectivity index (χ3n) is 6.85. The molecular formula is C29H27F3N4O2. The van der Waals surface area contributed by atoms with Crippen LogP contribution in [0.2, 0.25) is 0 Å². The van der Waals surface area contributed by atoms with Crippen LogP contribution in [0, 0.1) is 13.8 Å². The van der Waals surface area contributed by atoms with Crippen LogP contribution in [0.1, 0.15) is 45.5 Å². The second-order valence-electron chi connectivity index (χ2n) is 9.67. The highest BCUT2D eigenvalue weighted by Gasteiger charge is 2.44. The maximum atomic E-state index is 14.1. The molecule has 196 valence electrons. The smallest absolute Gasteiger partial charge is 0.353 e. The van der Waals surface area contributed by atoms with Crippen LogP contribution in [0.5, 0.6) is 0 Å². The van der Waals surface area contributed by atoms with Gasteiger partial charge in [0.05, 0.1) is 11.6 Å². The first-order valence-electron chi connectivity index (χ1n) is 12.4. The number of carbonyl (C=O) groups is 2. The predicted molar refractivity (Wildman–Crippen MR) is 138 cm³/mol. The van der Waals surface area contributed by atoms with Gasteiger partial charge in [-0.1, -0.05) is 71.8 Å². The minimum absolute atomic E-state index is 0.0814. The Morgan fingerprint density at radius 1 is 0.947 bits per heavy atom. The highest BCUT2D eigenvalue weighted by atomic mass is 19.4. The lowest BCUT2D eigenvalue weighted by Crippen LogP contribution is -2.55. The zero-order valence-corrected chi connectivity index (χ0v) is 21.0. The average Bonchev–Trinajstić information content (AvgIpc) is 3.29. The van der Waals surface area contributed by atoms with E-state index in [1.165, 1.54) is 17.0 Å². The summed E-state index contributed by atoms with van der Waals surface area (Å²) in [5.41, 5.74) is 3.32. The maximum Gasteiger partial charge on any atom is 0.416 e. The van der Waals surface area contributed by atoms with Gasteiger partial charge in [-0.05, 0) is 37.1 Å². The first kappa shape index (κ1) is 25.5. The summed E-state index contributed by atoms with van der Waals surface area (Å²) in [6.45, 7) is 4.49. The van der Waals surface area contributed by atoms with Crippen LogP contribution in [-0.2, 0) is 11.0 Å². The van der Waals surface area contributed by atoms with Gasteiger partial charge >= 0.3 is 12.2 Å². The Hall–Kier alpha value is -4.14. The highest BCUT2D eigenvalue weighted by Crippen LogP contribution is 2.44. The van der Waals surface area contributed by atoms with Crippen LogP contribution in [0.15, 0.2) is 77.8 Å². The van der Waals surface area contributed by atoms with Crippen LogP contribution in [0.4, 0.5) is 18.0 Å². The molecule has 1 N–H and O–H groups in total. The van der Waals surface area contributed by atoms with E-state index in [1.54, 1.807) is 4.90 Å². The predicted octanol–water partition coefficient (Wildman–Crippen LogP) is 5.42. The number of piperazine rings is 1. The SMILES string of the molecule is Cc1ccc(C2=NC(c3ccc(C(F)(F)F)cc3)C(c3cccc(C)c3)N2C(=O)N2CCNC(=O)C2)cc1. The van der Waals surface area contributed by atoms with Gasteiger partial charge in [0.2, 0.25) is 5.91 Å². The summed E-state index contributed by atoms with van der Waals surface area (Å²) >= 11 is 0. The molecule has 0 radical (unpaired) electrons. The van der Waals surface area contributed by atoms with E-state index in [9.17, 15) is 22.8 Å². The van der Waals surface area contributed by atoms with E-state index in [-0.39, 0.29) is 18.5 Å². The first-order chi connectivity index (χ1) is 18.1. The normalized spacial score (nSPS) is 19.8. The number of aliphatic imine (C=N–C) groups is 1. The van der Waals surface area contributed by atoms with E-state index in [1.807, 2.05) is 62.4 Å². The minimum Gasteiger partial charge on any atom is -0.353 e. The Morgan fingerprint density at radius 3 is 2.29 bits per heavy atom. The number of halogens is 3. The topological polar surface area (TPSA) is 65.0 Å². The molecule has 3 aromatic carbocycles. The number of nitrogens with zero attached hydrogens (tertiary/aromatic N) is 3. The summed E-state index contributed by atoms with van der Waals surface area (Å²) in [6.07, 6.45) is -4.46. The molecular weight excluding hydrogens is 493 g/mol. The molecule has 2 unspecified atom stereocenters. The van der Waals surface area contributed by atoms with E-state index < -0.39 is 23.8 Å². The summed E-state index contributed by atoms with van der Waals surface area (Å²) in [7, 11) is 0. The number of rotatable bonds is 3. The molecule has 1 fully saturated rings. The Labute approximate surface area is 218 Å². The summed E-state index contributed by atoms with van der Waals surface area (Å²) in [4.78, 5) is 34.3. The van der Waals surface area contributed by atoms with Gasteiger partial charge in [0.25, 0.3) is 0 Å². The zero-order valence-electron chi connectivity index (χ0n) is 21.0. The van der Waals surface area contributed by atoms with Crippen molar-refractivity contribution in [1.82, 2.24) is 15.1 Å².